The van der Waals surface area contributed by atoms with E-state index in [1.807, 2.05) is 40.0 Å². The predicted molar refractivity (Wildman–Crippen MR) is 74.7 cm³/mol. The van der Waals surface area contributed by atoms with Crippen LogP contribution in [0.1, 0.15) is 32.1 Å². The molecular weight excluding hydrogens is 254 g/mol. The number of hydrogen-bond acceptors (Lipinski definition) is 3. The second-order valence-corrected chi connectivity index (χ2v) is 7.17. The number of thiophene rings is 1. The average Bonchev–Trinajstić information content (AvgIpc) is 2.58. The van der Waals surface area contributed by atoms with Crippen LogP contribution in [0.15, 0.2) is 12.1 Å². The summed E-state index contributed by atoms with van der Waals surface area (Å²) in [6, 6.07) is 3.95. The van der Waals surface area contributed by atoms with Crippen LogP contribution in [0.2, 0.25) is 4.34 Å². The summed E-state index contributed by atoms with van der Waals surface area (Å²) >= 11 is 7.47. The van der Waals surface area contributed by atoms with Gasteiger partial charge in [0.2, 0.25) is 0 Å². The third kappa shape index (κ3) is 5.19. The Labute approximate surface area is 113 Å². The van der Waals surface area contributed by atoms with E-state index in [0.717, 1.165) is 17.4 Å². The number of ketones is 1. The molecule has 0 saturated heterocycles. The lowest BCUT2D eigenvalue weighted by molar-refractivity contribution is -0.126. The molecule has 17 heavy (non-hydrogen) atoms. The number of Topliss-reactive ketones (excluding diaryl/α,β-unsaturated/α-hetero) is 1. The summed E-state index contributed by atoms with van der Waals surface area (Å²) in [6.45, 7) is 7.55. The molecule has 0 aliphatic carbocycles. The molecule has 0 atom stereocenters. The first-order valence-corrected chi connectivity index (χ1v) is 6.94. The van der Waals surface area contributed by atoms with E-state index in [1.54, 1.807) is 11.3 Å². The molecule has 0 radical (unpaired) electrons. The SMILES string of the molecule is CN(CCC(=O)C(C)(C)C)Cc1ccc(Cl)s1. The minimum absolute atomic E-state index is 0.229. The van der Waals surface area contributed by atoms with Crippen LogP contribution >= 0.6 is 22.9 Å². The summed E-state index contributed by atoms with van der Waals surface area (Å²) in [4.78, 5) is 15.2. The van der Waals surface area contributed by atoms with Crippen LogP contribution in [0, 0.1) is 5.41 Å². The number of carbonyl (C=O) groups is 1. The maximum absolute atomic E-state index is 11.8. The van der Waals surface area contributed by atoms with Crippen molar-refractivity contribution in [3.63, 3.8) is 0 Å². The summed E-state index contributed by atoms with van der Waals surface area (Å²) in [7, 11) is 2.03. The first-order valence-electron chi connectivity index (χ1n) is 5.75. The van der Waals surface area contributed by atoms with Crippen molar-refractivity contribution in [3.8, 4) is 0 Å². The van der Waals surface area contributed by atoms with Crippen LogP contribution in [0.25, 0.3) is 0 Å². The van der Waals surface area contributed by atoms with E-state index in [9.17, 15) is 4.79 Å². The zero-order valence-corrected chi connectivity index (χ0v) is 12.5. The van der Waals surface area contributed by atoms with Crippen LogP contribution in [0.5, 0.6) is 0 Å². The standard InChI is InChI=1S/C13H20ClNOS/c1-13(2,3)11(16)7-8-15(4)9-10-5-6-12(14)17-10/h5-6H,7-9H2,1-4H3. The van der Waals surface area contributed by atoms with Gasteiger partial charge in [0, 0.05) is 29.8 Å². The fourth-order valence-corrected chi connectivity index (χ4v) is 2.62. The van der Waals surface area contributed by atoms with Crippen LogP contribution in [-0.2, 0) is 11.3 Å². The van der Waals surface area contributed by atoms with Crippen molar-refractivity contribution in [2.45, 2.75) is 33.7 Å². The van der Waals surface area contributed by atoms with Crippen molar-refractivity contribution in [1.29, 1.82) is 0 Å². The Bertz CT molecular complexity index is 381. The highest BCUT2D eigenvalue weighted by atomic mass is 35.5. The minimum atomic E-state index is -0.229. The van der Waals surface area contributed by atoms with E-state index >= 15 is 0 Å². The van der Waals surface area contributed by atoms with Crippen LogP contribution in [0.4, 0.5) is 0 Å². The fourth-order valence-electron chi connectivity index (χ4n) is 1.45. The lowest BCUT2D eigenvalue weighted by Crippen LogP contribution is -2.26. The van der Waals surface area contributed by atoms with Gasteiger partial charge in [-0.3, -0.25) is 4.79 Å². The van der Waals surface area contributed by atoms with Gasteiger partial charge >= 0.3 is 0 Å². The zero-order valence-electron chi connectivity index (χ0n) is 10.9. The third-order valence-corrected chi connectivity index (χ3v) is 3.83. The molecule has 0 unspecified atom stereocenters. The Hall–Kier alpha value is -0.380. The van der Waals surface area contributed by atoms with Crippen LogP contribution in [0.3, 0.4) is 0 Å². The van der Waals surface area contributed by atoms with E-state index in [2.05, 4.69) is 4.90 Å². The molecular formula is C13H20ClNOS. The van der Waals surface area contributed by atoms with Gasteiger partial charge in [0.05, 0.1) is 4.34 Å². The van der Waals surface area contributed by atoms with Crippen molar-refractivity contribution in [3.05, 3.63) is 21.3 Å². The second-order valence-electron chi connectivity index (χ2n) is 5.37. The Morgan fingerprint density at radius 1 is 1.41 bits per heavy atom. The van der Waals surface area contributed by atoms with Gasteiger partial charge in [-0.1, -0.05) is 32.4 Å². The summed E-state index contributed by atoms with van der Waals surface area (Å²) in [5.41, 5.74) is -0.229. The first kappa shape index (κ1) is 14.7. The summed E-state index contributed by atoms with van der Waals surface area (Å²) < 4.78 is 0.819. The van der Waals surface area contributed by atoms with Gasteiger partial charge in [-0.15, -0.1) is 11.3 Å². The molecule has 1 rings (SSSR count). The van der Waals surface area contributed by atoms with E-state index in [1.165, 1.54) is 4.88 Å². The molecule has 0 fully saturated rings. The third-order valence-electron chi connectivity index (χ3n) is 2.61. The fraction of sp³-hybridized carbons (Fsp3) is 0.615. The molecule has 0 aliphatic heterocycles. The Kier molecular flexibility index (Phi) is 5.17. The highest BCUT2D eigenvalue weighted by Crippen LogP contribution is 2.22. The molecule has 0 amide bonds. The molecule has 0 bridgehead atoms. The number of carbonyl (C=O) groups excluding carboxylic acids is 1. The van der Waals surface area contributed by atoms with Gasteiger partial charge in [-0.2, -0.15) is 0 Å². The lowest BCUT2D eigenvalue weighted by atomic mass is 9.89. The van der Waals surface area contributed by atoms with Crippen molar-refractivity contribution in [2.24, 2.45) is 5.41 Å². The average molecular weight is 274 g/mol. The maximum atomic E-state index is 11.8. The van der Waals surface area contributed by atoms with Crippen molar-refractivity contribution in [2.75, 3.05) is 13.6 Å². The van der Waals surface area contributed by atoms with Crippen LogP contribution < -0.4 is 0 Å². The number of rotatable bonds is 5. The minimum Gasteiger partial charge on any atom is -0.301 e. The quantitative estimate of drug-likeness (QED) is 0.812. The summed E-state index contributed by atoms with van der Waals surface area (Å²) in [6.07, 6.45) is 0.610. The summed E-state index contributed by atoms with van der Waals surface area (Å²) in [5.74, 6) is 0.313. The topological polar surface area (TPSA) is 20.3 Å². The molecule has 0 aromatic carbocycles. The van der Waals surface area contributed by atoms with Crippen LogP contribution in [-0.4, -0.2) is 24.3 Å². The van der Waals surface area contributed by atoms with Crippen molar-refractivity contribution < 1.29 is 4.79 Å². The number of halogens is 1. The van der Waals surface area contributed by atoms with E-state index in [4.69, 9.17) is 11.6 Å². The molecule has 1 heterocycles. The Morgan fingerprint density at radius 2 is 2.06 bits per heavy atom. The molecule has 0 spiro atoms. The predicted octanol–water partition coefficient (Wildman–Crippen LogP) is 3.84. The van der Waals surface area contributed by atoms with Gasteiger partial charge in [0.15, 0.2) is 0 Å². The maximum Gasteiger partial charge on any atom is 0.139 e. The van der Waals surface area contributed by atoms with E-state index in [-0.39, 0.29) is 5.41 Å². The van der Waals surface area contributed by atoms with Crippen molar-refractivity contribution in [1.82, 2.24) is 4.90 Å². The van der Waals surface area contributed by atoms with Gasteiger partial charge in [0.1, 0.15) is 5.78 Å². The van der Waals surface area contributed by atoms with E-state index in [0.29, 0.717) is 12.2 Å². The number of nitrogens with zero attached hydrogens (tertiary/aromatic N) is 1. The monoisotopic (exact) mass is 273 g/mol. The van der Waals surface area contributed by atoms with Gasteiger partial charge < -0.3 is 4.90 Å². The molecule has 2 nitrogen and oxygen atoms in total. The molecule has 1 aromatic rings. The lowest BCUT2D eigenvalue weighted by Gasteiger charge is -2.20. The highest BCUT2D eigenvalue weighted by molar-refractivity contribution is 7.16. The van der Waals surface area contributed by atoms with E-state index < -0.39 is 0 Å². The van der Waals surface area contributed by atoms with Gasteiger partial charge in [0.25, 0.3) is 0 Å². The summed E-state index contributed by atoms with van der Waals surface area (Å²) in [5, 5.41) is 0. The van der Waals surface area contributed by atoms with Crippen molar-refractivity contribution >= 4 is 28.7 Å². The smallest absolute Gasteiger partial charge is 0.139 e. The Balaban J connectivity index is 2.36. The normalized spacial score (nSPS) is 12.1. The largest absolute Gasteiger partial charge is 0.301 e. The molecule has 96 valence electrons. The Morgan fingerprint density at radius 3 is 2.53 bits per heavy atom. The first-order chi connectivity index (χ1) is 7.79. The molecule has 1 aromatic heterocycles. The van der Waals surface area contributed by atoms with Gasteiger partial charge in [-0.25, -0.2) is 0 Å². The molecule has 4 heteroatoms. The second kappa shape index (κ2) is 5.98. The molecule has 0 N–H and O–H groups in total. The number of hydrogen-bond donors (Lipinski definition) is 0. The zero-order chi connectivity index (χ0) is 13.1. The van der Waals surface area contributed by atoms with Gasteiger partial charge in [-0.05, 0) is 19.2 Å². The molecule has 0 aliphatic rings. The highest BCUT2D eigenvalue weighted by Gasteiger charge is 2.20. The molecule has 0 saturated carbocycles.